The zero-order valence-electron chi connectivity index (χ0n) is 13.7. The minimum atomic E-state index is -3.81. The Balaban J connectivity index is 1.86. The van der Waals surface area contributed by atoms with E-state index in [0.29, 0.717) is 26.8 Å². The van der Waals surface area contributed by atoms with Crippen LogP contribution in [0.1, 0.15) is 15.2 Å². The van der Waals surface area contributed by atoms with Crippen LogP contribution in [0.4, 0.5) is 11.4 Å². The Labute approximate surface area is 160 Å². The lowest BCUT2D eigenvalue weighted by molar-refractivity contribution is 0.103. The fourth-order valence-corrected chi connectivity index (χ4v) is 4.37. The number of benzene rings is 2. The van der Waals surface area contributed by atoms with Gasteiger partial charge in [0.25, 0.3) is 15.9 Å². The normalized spacial score (nSPS) is 11.2. The van der Waals surface area contributed by atoms with Crippen LogP contribution in [-0.2, 0) is 10.0 Å². The number of sulfonamides is 1. The number of carbonyl (C=O) groups excluding carboxylic acids is 1. The Hall–Kier alpha value is -2.35. The van der Waals surface area contributed by atoms with E-state index in [0.717, 1.165) is 0 Å². The van der Waals surface area contributed by atoms with Crippen molar-refractivity contribution in [1.29, 1.82) is 0 Å². The second kappa shape index (κ2) is 7.49. The summed E-state index contributed by atoms with van der Waals surface area (Å²) in [6.45, 7) is 1.70. The molecule has 134 valence electrons. The average molecular weight is 407 g/mol. The van der Waals surface area contributed by atoms with E-state index in [9.17, 15) is 13.2 Å². The lowest BCUT2D eigenvalue weighted by atomic mass is 10.2. The fourth-order valence-electron chi connectivity index (χ4n) is 2.30. The van der Waals surface area contributed by atoms with E-state index in [1.807, 2.05) is 0 Å². The van der Waals surface area contributed by atoms with Gasteiger partial charge in [-0.15, -0.1) is 11.3 Å². The maximum atomic E-state index is 12.7. The molecule has 1 amide bonds. The van der Waals surface area contributed by atoms with E-state index in [1.54, 1.807) is 60.8 Å². The van der Waals surface area contributed by atoms with E-state index in [4.69, 9.17) is 11.6 Å². The smallest absolute Gasteiger partial charge is 0.265 e. The molecule has 1 aromatic heterocycles. The highest BCUT2D eigenvalue weighted by Gasteiger charge is 2.18. The fraction of sp³-hybridized carbons (Fsp3) is 0.0556. The summed E-state index contributed by atoms with van der Waals surface area (Å²) < 4.78 is 28.0. The van der Waals surface area contributed by atoms with E-state index in [-0.39, 0.29) is 10.8 Å². The van der Waals surface area contributed by atoms with Crippen LogP contribution in [0.3, 0.4) is 0 Å². The van der Waals surface area contributed by atoms with Crippen LogP contribution in [-0.4, -0.2) is 14.3 Å². The Kier molecular flexibility index (Phi) is 5.31. The predicted molar refractivity (Wildman–Crippen MR) is 106 cm³/mol. The molecule has 0 bridgehead atoms. The maximum Gasteiger partial charge on any atom is 0.265 e. The number of halogens is 1. The van der Waals surface area contributed by atoms with Gasteiger partial charge in [-0.1, -0.05) is 23.7 Å². The van der Waals surface area contributed by atoms with Crippen LogP contribution in [0.5, 0.6) is 0 Å². The van der Waals surface area contributed by atoms with Crippen LogP contribution < -0.4 is 10.0 Å². The third-order valence-electron chi connectivity index (χ3n) is 3.58. The van der Waals surface area contributed by atoms with Crippen molar-refractivity contribution in [2.75, 3.05) is 10.0 Å². The van der Waals surface area contributed by atoms with E-state index in [1.165, 1.54) is 17.4 Å². The molecule has 0 fully saturated rings. The van der Waals surface area contributed by atoms with Gasteiger partial charge in [-0.3, -0.25) is 9.52 Å². The quantitative estimate of drug-likeness (QED) is 0.641. The molecule has 3 rings (SSSR count). The first-order chi connectivity index (χ1) is 12.3. The average Bonchev–Trinajstić information content (AvgIpc) is 3.13. The number of hydrogen-bond donors (Lipinski definition) is 2. The molecule has 1 heterocycles. The van der Waals surface area contributed by atoms with Crippen LogP contribution in [0.25, 0.3) is 0 Å². The minimum Gasteiger partial charge on any atom is -0.321 e. The molecule has 0 aliphatic carbocycles. The lowest BCUT2D eigenvalue weighted by Crippen LogP contribution is -2.16. The standard InChI is InChI=1S/C18H15ClN2O3S2/c1-12-4-7-15(20-18(22)16-3-2-10-25-16)11-17(12)26(23,24)21-14-8-5-13(19)6-9-14/h2-11,21H,1H3,(H,20,22). The van der Waals surface area contributed by atoms with Crippen molar-refractivity contribution in [2.24, 2.45) is 0 Å². The van der Waals surface area contributed by atoms with Gasteiger partial charge in [0.1, 0.15) is 0 Å². The molecule has 5 nitrogen and oxygen atoms in total. The highest BCUT2D eigenvalue weighted by molar-refractivity contribution is 7.92. The van der Waals surface area contributed by atoms with Gasteiger partial charge in [0.15, 0.2) is 0 Å². The van der Waals surface area contributed by atoms with Gasteiger partial charge in [0.2, 0.25) is 0 Å². The molecule has 8 heteroatoms. The summed E-state index contributed by atoms with van der Waals surface area (Å²) in [5.41, 5.74) is 1.38. The minimum absolute atomic E-state index is 0.0939. The van der Waals surface area contributed by atoms with Crippen molar-refractivity contribution in [2.45, 2.75) is 11.8 Å². The van der Waals surface area contributed by atoms with Gasteiger partial charge in [-0.05, 0) is 60.3 Å². The Bertz CT molecular complexity index is 1030. The third kappa shape index (κ3) is 4.24. The van der Waals surface area contributed by atoms with Gasteiger partial charge in [0.05, 0.1) is 9.77 Å². The SMILES string of the molecule is Cc1ccc(NC(=O)c2cccs2)cc1S(=O)(=O)Nc1ccc(Cl)cc1. The topological polar surface area (TPSA) is 75.3 Å². The zero-order valence-corrected chi connectivity index (χ0v) is 16.1. The molecule has 0 aliphatic heterocycles. The Morgan fingerprint density at radius 3 is 2.38 bits per heavy atom. The van der Waals surface area contributed by atoms with E-state index in [2.05, 4.69) is 10.0 Å². The van der Waals surface area contributed by atoms with Crippen LogP contribution in [0, 0.1) is 6.92 Å². The molecular formula is C18H15ClN2O3S2. The molecule has 0 saturated carbocycles. The number of amides is 1. The number of aryl methyl sites for hydroxylation is 1. The summed E-state index contributed by atoms with van der Waals surface area (Å²) in [5, 5.41) is 5.03. The first kappa shape index (κ1) is 18.4. The maximum absolute atomic E-state index is 12.7. The van der Waals surface area contributed by atoms with Crippen LogP contribution >= 0.6 is 22.9 Å². The van der Waals surface area contributed by atoms with Crippen molar-refractivity contribution < 1.29 is 13.2 Å². The number of carbonyl (C=O) groups is 1. The molecule has 2 N–H and O–H groups in total. The summed E-state index contributed by atoms with van der Waals surface area (Å²) in [4.78, 5) is 12.8. The molecule has 0 radical (unpaired) electrons. The van der Waals surface area contributed by atoms with Crippen molar-refractivity contribution in [3.05, 3.63) is 75.4 Å². The molecule has 0 atom stereocenters. The number of nitrogens with one attached hydrogen (secondary N) is 2. The second-order valence-electron chi connectivity index (χ2n) is 5.52. The van der Waals surface area contributed by atoms with Gasteiger partial charge < -0.3 is 5.32 Å². The number of thiophene rings is 1. The number of hydrogen-bond acceptors (Lipinski definition) is 4. The monoisotopic (exact) mass is 406 g/mol. The summed E-state index contributed by atoms with van der Waals surface area (Å²) in [7, 11) is -3.81. The first-order valence-electron chi connectivity index (χ1n) is 7.59. The first-order valence-corrected chi connectivity index (χ1v) is 10.3. The third-order valence-corrected chi connectivity index (χ3v) is 6.22. The van der Waals surface area contributed by atoms with Gasteiger partial charge in [-0.2, -0.15) is 0 Å². The van der Waals surface area contributed by atoms with Crippen molar-refractivity contribution >= 4 is 50.2 Å². The molecule has 3 aromatic rings. The molecule has 26 heavy (non-hydrogen) atoms. The summed E-state index contributed by atoms with van der Waals surface area (Å²) in [6.07, 6.45) is 0. The van der Waals surface area contributed by atoms with Gasteiger partial charge in [-0.25, -0.2) is 8.42 Å². The molecule has 2 aromatic carbocycles. The summed E-state index contributed by atoms with van der Waals surface area (Å²) in [5.74, 6) is -0.280. The predicted octanol–water partition coefficient (Wildman–Crippen LogP) is 4.76. The Morgan fingerprint density at radius 2 is 1.73 bits per heavy atom. The molecule has 0 spiro atoms. The van der Waals surface area contributed by atoms with Gasteiger partial charge in [0, 0.05) is 16.4 Å². The summed E-state index contributed by atoms with van der Waals surface area (Å²) >= 11 is 7.13. The Morgan fingerprint density at radius 1 is 1.04 bits per heavy atom. The van der Waals surface area contributed by atoms with Gasteiger partial charge >= 0.3 is 0 Å². The van der Waals surface area contributed by atoms with Crippen LogP contribution in [0.15, 0.2) is 64.9 Å². The highest BCUT2D eigenvalue weighted by Crippen LogP contribution is 2.24. The van der Waals surface area contributed by atoms with Crippen molar-refractivity contribution in [1.82, 2.24) is 0 Å². The largest absolute Gasteiger partial charge is 0.321 e. The van der Waals surface area contributed by atoms with Crippen LogP contribution in [0.2, 0.25) is 5.02 Å². The summed E-state index contributed by atoms with van der Waals surface area (Å²) in [6, 6.07) is 14.6. The van der Waals surface area contributed by atoms with Crippen molar-refractivity contribution in [3.8, 4) is 0 Å². The molecular weight excluding hydrogens is 392 g/mol. The highest BCUT2D eigenvalue weighted by atomic mass is 35.5. The van der Waals surface area contributed by atoms with Crippen molar-refractivity contribution in [3.63, 3.8) is 0 Å². The second-order valence-corrected chi connectivity index (χ2v) is 8.56. The molecule has 0 saturated heterocycles. The van der Waals surface area contributed by atoms with E-state index < -0.39 is 10.0 Å². The molecule has 0 aliphatic rings. The number of rotatable bonds is 5. The zero-order chi connectivity index (χ0) is 18.7. The lowest BCUT2D eigenvalue weighted by Gasteiger charge is -2.12. The molecule has 0 unspecified atom stereocenters. The number of anilines is 2. The van der Waals surface area contributed by atoms with E-state index >= 15 is 0 Å².